The van der Waals surface area contributed by atoms with Crippen LogP contribution in [0.25, 0.3) is 0 Å². The van der Waals surface area contributed by atoms with E-state index in [-0.39, 0.29) is 6.61 Å². The average Bonchev–Trinajstić information content (AvgIpc) is 2.84. The summed E-state index contributed by atoms with van der Waals surface area (Å²) in [5, 5.41) is 21.2. The van der Waals surface area contributed by atoms with Gasteiger partial charge in [0.25, 0.3) is 0 Å². The van der Waals surface area contributed by atoms with E-state index in [0.29, 0.717) is 11.8 Å². The molecule has 1 N–H and O–H groups in total. The molecular formula is C8H14N4OS. The summed E-state index contributed by atoms with van der Waals surface area (Å²) in [6.07, 6.45) is 4.90. The van der Waals surface area contributed by atoms with E-state index in [2.05, 4.69) is 15.5 Å². The number of hydrogen-bond acceptors (Lipinski definition) is 5. The van der Waals surface area contributed by atoms with Gasteiger partial charge < -0.3 is 5.11 Å². The number of nitrogens with zero attached hydrogens (tertiary/aromatic N) is 4. The number of aliphatic hydroxyl groups is 1. The highest BCUT2D eigenvalue weighted by Crippen LogP contribution is 2.31. The van der Waals surface area contributed by atoms with Crippen LogP contribution in [-0.2, 0) is 0 Å². The molecule has 0 amide bonds. The van der Waals surface area contributed by atoms with Gasteiger partial charge in [0.1, 0.15) is 0 Å². The van der Waals surface area contributed by atoms with Crippen molar-refractivity contribution in [3.63, 3.8) is 0 Å². The lowest BCUT2D eigenvalue weighted by Crippen LogP contribution is -2.08. The summed E-state index contributed by atoms with van der Waals surface area (Å²) in [6, 6.07) is 0.478. The van der Waals surface area contributed by atoms with Gasteiger partial charge in [0, 0.05) is 5.75 Å². The summed E-state index contributed by atoms with van der Waals surface area (Å²) in [6.45, 7) is 0.169. The molecule has 78 valence electrons. The number of rotatable bonds is 4. The molecule has 0 bridgehead atoms. The van der Waals surface area contributed by atoms with Crippen LogP contribution in [0.3, 0.4) is 0 Å². The van der Waals surface area contributed by atoms with E-state index in [0.717, 1.165) is 5.16 Å². The molecule has 14 heavy (non-hydrogen) atoms. The van der Waals surface area contributed by atoms with Gasteiger partial charge in [-0.05, 0) is 23.3 Å². The highest BCUT2D eigenvalue weighted by atomic mass is 32.2. The zero-order valence-corrected chi connectivity index (χ0v) is 8.78. The number of tetrazole rings is 1. The number of thioether (sulfide) groups is 1. The highest BCUT2D eigenvalue weighted by molar-refractivity contribution is 7.99. The van der Waals surface area contributed by atoms with Crippen molar-refractivity contribution in [3.05, 3.63) is 0 Å². The fourth-order valence-electron chi connectivity index (χ4n) is 1.80. The largest absolute Gasteiger partial charge is 0.396 e. The van der Waals surface area contributed by atoms with Crippen molar-refractivity contribution >= 4 is 11.8 Å². The second-order valence-electron chi connectivity index (χ2n) is 3.42. The van der Waals surface area contributed by atoms with Crippen molar-refractivity contribution in [2.45, 2.75) is 36.9 Å². The molecule has 1 aliphatic rings. The van der Waals surface area contributed by atoms with E-state index in [1.165, 1.54) is 37.4 Å². The van der Waals surface area contributed by atoms with E-state index >= 15 is 0 Å². The molecule has 1 fully saturated rings. The Morgan fingerprint density at radius 2 is 2.21 bits per heavy atom. The second-order valence-corrected chi connectivity index (χ2v) is 4.48. The number of hydrogen-bond donors (Lipinski definition) is 1. The van der Waals surface area contributed by atoms with Crippen LogP contribution in [0.1, 0.15) is 31.7 Å². The molecule has 0 aromatic carbocycles. The Labute approximate surface area is 86.9 Å². The molecule has 1 saturated carbocycles. The minimum absolute atomic E-state index is 0.169. The molecule has 6 heteroatoms. The van der Waals surface area contributed by atoms with Crippen molar-refractivity contribution in [1.29, 1.82) is 0 Å². The van der Waals surface area contributed by atoms with Gasteiger partial charge in [0.2, 0.25) is 5.16 Å². The SMILES string of the molecule is OCCSc1nnnn1C1CCCC1. The molecule has 0 radical (unpaired) electrons. The Morgan fingerprint density at radius 3 is 2.93 bits per heavy atom. The standard InChI is InChI=1S/C8H14N4OS/c13-5-6-14-8-9-10-11-12(8)7-3-1-2-4-7/h7,13H,1-6H2. The van der Waals surface area contributed by atoms with E-state index in [4.69, 9.17) is 5.11 Å². The van der Waals surface area contributed by atoms with Crippen molar-refractivity contribution < 1.29 is 5.11 Å². The predicted octanol–water partition coefficient (Wildman–Crippen LogP) is 0.873. The minimum atomic E-state index is 0.169. The number of aromatic nitrogens is 4. The Bertz CT molecular complexity index is 285. The molecule has 0 saturated heterocycles. The zero-order valence-electron chi connectivity index (χ0n) is 7.96. The topological polar surface area (TPSA) is 63.8 Å². The maximum absolute atomic E-state index is 8.72. The maximum Gasteiger partial charge on any atom is 0.209 e. The molecule has 1 aliphatic carbocycles. The van der Waals surface area contributed by atoms with Gasteiger partial charge in [-0.2, -0.15) is 0 Å². The molecule has 0 aliphatic heterocycles. The van der Waals surface area contributed by atoms with Crippen molar-refractivity contribution in [3.8, 4) is 0 Å². The maximum atomic E-state index is 8.72. The fourth-order valence-corrected chi connectivity index (χ4v) is 2.48. The highest BCUT2D eigenvalue weighted by Gasteiger charge is 2.21. The first kappa shape index (κ1) is 9.92. The summed E-state index contributed by atoms with van der Waals surface area (Å²) < 4.78 is 1.91. The average molecular weight is 214 g/mol. The van der Waals surface area contributed by atoms with Crippen LogP contribution in [0.5, 0.6) is 0 Å². The van der Waals surface area contributed by atoms with Gasteiger partial charge in [-0.3, -0.25) is 0 Å². The Hall–Kier alpha value is -0.620. The monoisotopic (exact) mass is 214 g/mol. The second kappa shape index (κ2) is 4.75. The molecule has 0 spiro atoms. The van der Waals surface area contributed by atoms with Crippen LogP contribution < -0.4 is 0 Å². The van der Waals surface area contributed by atoms with Gasteiger partial charge in [-0.1, -0.05) is 24.6 Å². The van der Waals surface area contributed by atoms with E-state index in [9.17, 15) is 0 Å². The van der Waals surface area contributed by atoms with E-state index in [1.807, 2.05) is 4.68 Å². The van der Waals surface area contributed by atoms with Crippen molar-refractivity contribution in [1.82, 2.24) is 20.2 Å². The van der Waals surface area contributed by atoms with Gasteiger partial charge in [-0.25, -0.2) is 4.68 Å². The molecule has 0 atom stereocenters. The van der Waals surface area contributed by atoms with Crippen LogP contribution >= 0.6 is 11.8 Å². The quantitative estimate of drug-likeness (QED) is 0.753. The Balaban J connectivity index is 2.04. The lowest BCUT2D eigenvalue weighted by molar-refractivity contribution is 0.322. The van der Waals surface area contributed by atoms with E-state index < -0.39 is 0 Å². The third-order valence-electron chi connectivity index (χ3n) is 2.46. The third kappa shape index (κ3) is 2.06. The summed E-state index contributed by atoms with van der Waals surface area (Å²) in [5.41, 5.74) is 0. The molecular weight excluding hydrogens is 200 g/mol. The summed E-state index contributed by atoms with van der Waals surface area (Å²) >= 11 is 1.52. The van der Waals surface area contributed by atoms with Crippen LogP contribution in [0.2, 0.25) is 0 Å². The fraction of sp³-hybridized carbons (Fsp3) is 0.875. The van der Waals surface area contributed by atoms with Crippen LogP contribution in [0.15, 0.2) is 5.16 Å². The first-order valence-corrected chi connectivity index (χ1v) is 5.92. The number of aliphatic hydroxyl groups excluding tert-OH is 1. The Morgan fingerprint density at radius 1 is 1.43 bits per heavy atom. The lowest BCUT2D eigenvalue weighted by atomic mass is 10.3. The predicted molar refractivity (Wildman–Crippen MR) is 53.1 cm³/mol. The Kier molecular flexibility index (Phi) is 3.36. The summed E-state index contributed by atoms with van der Waals surface area (Å²) in [7, 11) is 0. The molecule has 5 nitrogen and oxygen atoms in total. The summed E-state index contributed by atoms with van der Waals surface area (Å²) in [4.78, 5) is 0. The van der Waals surface area contributed by atoms with Gasteiger partial charge in [-0.15, -0.1) is 5.10 Å². The molecule has 1 heterocycles. The molecule has 2 rings (SSSR count). The molecule has 0 unspecified atom stereocenters. The summed E-state index contributed by atoms with van der Waals surface area (Å²) in [5.74, 6) is 0.660. The van der Waals surface area contributed by atoms with Crippen molar-refractivity contribution in [2.75, 3.05) is 12.4 Å². The van der Waals surface area contributed by atoms with Crippen molar-refractivity contribution in [2.24, 2.45) is 0 Å². The first-order valence-electron chi connectivity index (χ1n) is 4.93. The van der Waals surface area contributed by atoms with Gasteiger partial charge in [0.15, 0.2) is 0 Å². The van der Waals surface area contributed by atoms with Crippen LogP contribution in [0.4, 0.5) is 0 Å². The van der Waals surface area contributed by atoms with Crippen LogP contribution in [0, 0.1) is 0 Å². The molecule has 1 aromatic heterocycles. The third-order valence-corrected chi connectivity index (χ3v) is 3.37. The van der Waals surface area contributed by atoms with Crippen LogP contribution in [-0.4, -0.2) is 37.7 Å². The first-order chi connectivity index (χ1) is 6.92. The lowest BCUT2D eigenvalue weighted by Gasteiger charge is -2.09. The smallest absolute Gasteiger partial charge is 0.209 e. The minimum Gasteiger partial charge on any atom is -0.396 e. The zero-order chi connectivity index (χ0) is 9.80. The van der Waals surface area contributed by atoms with E-state index in [1.54, 1.807) is 0 Å². The van der Waals surface area contributed by atoms with Gasteiger partial charge in [0.05, 0.1) is 12.6 Å². The normalized spacial score (nSPS) is 17.8. The molecule has 1 aromatic rings. The van der Waals surface area contributed by atoms with Gasteiger partial charge >= 0.3 is 0 Å².